The maximum absolute atomic E-state index is 14.1. The molecule has 0 bridgehead atoms. The molecule has 1 aliphatic carbocycles. The zero-order valence-electron chi connectivity index (χ0n) is 36.9. The summed E-state index contributed by atoms with van der Waals surface area (Å²) < 4.78 is 17.2. The number of rotatable bonds is 14. The average molecular weight is 877 g/mol. The van der Waals surface area contributed by atoms with Gasteiger partial charge in [0.2, 0.25) is 0 Å². The van der Waals surface area contributed by atoms with Crippen LogP contribution in [0.2, 0.25) is 0 Å². The Morgan fingerprint density at radius 3 is 1.79 bits per heavy atom. The van der Waals surface area contributed by atoms with Crippen LogP contribution in [0.15, 0.2) is 166 Å². The number of amides is 1. The Bertz CT molecular complexity index is 3260. The smallest absolute Gasteiger partial charge is 0.261 e. The van der Waals surface area contributed by atoms with E-state index in [2.05, 4.69) is 15.3 Å². The largest absolute Gasteiger partial charge is 0.497 e. The van der Waals surface area contributed by atoms with Crippen molar-refractivity contribution in [1.82, 2.24) is 0 Å². The van der Waals surface area contributed by atoms with E-state index in [4.69, 9.17) is 24.2 Å². The summed E-state index contributed by atoms with van der Waals surface area (Å²) in [6, 6.07) is 44.7. The summed E-state index contributed by atoms with van der Waals surface area (Å²) in [5.74, 6) is 0.908. The number of benzene rings is 8. The van der Waals surface area contributed by atoms with E-state index in [9.17, 15) is 14.7 Å². The van der Waals surface area contributed by atoms with Crippen LogP contribution in [0.4, 0.5) is 34.1 Å². The molecule has 1 N–H and O–H groups in total. The molecule has 1 amide bonds. The van der Waals surface area contributed by atoms with Crippen molar-refractivity contribution in [3.63, 3.8) is 0 Å². The van der Waals surface area contributed by atoms with Crippen LogP contribution in [-0.2, 0) is 18.1 Å². The van der Waals surface area contributed by atoms with Gasteiger partial charge in [-0.2, -0.15) is 10.2 Å². The molecule has 8 aromatic carbocycles. The molecule has 0 heterocycles. The number of azo groups is 2. The van der Waals surface area contributed by atoms with E-state index in [1.165, 1.54) is 12.0 Å². The lowest BCUT2D eigenvalue weighted by Gasteiger charge is -2.21. The van der Waals surface area contributed by atoms with E-state index < -0.39 is 0 Å². The van der Waals surface area contributed by atoms with Crippen LogP contribution in [-0.4, -0.2) is 52.2 Å². The van der Waals surface area contributed by atoms with Crippen LogP contribution in [0.1, 0.15) is 37.4 Å². The molecule has 0 aliphatic heterocycles. The number of carbonyl (C=O) groups excluding carboxylic acids is 2. The van der Waals surface area contributed by atoms with Crippen molar-refractivity contribution in [3.05, 3.63) is 173 Å². The number of fused-ring (bicyclic) bond motifs is 5. The molecule has 13 nitrogen and oxygen atoms in total. The molecule has 9 rings (SSSR count). The second-order valence-electron chi connectivity index (χ2n) is 15.5. The fourth-order valence-electron chi connectivity index (χ4n) is 8.18. The van der Waals surface area contributed by atoms with Gasteiger partial charge < -0.3 is 24.2 Å². The van der Waals surface area contributed by atoms with Gasteiger partial charge >= 0.3 is 0 Å². The van der Waals surface area contributed by atoms with E-state index in [-0.39, 0.29) is 30.7 Å². The summed E-state index contributed by atoms with van der Waals surface area (Å²) in [4.78, 5) is 35.8. The second-order valence-corrected chi connectivity index (χ2v) is 15.5. The normalized spacial score (nSPS) is 11.9. The van der Waals surface area contributed by atoms with Crippen molar-refractivity contribution >= 4 is 67.4 Å². The fraction of sp³-hybridized carbons (Fsp3) is 0.132. The minimum absolute atomic E-state index is 0.0733. The summed E-state index contributed by atoms with van der Waals surface area (Å²) >= 11 is 0. The molecule has 0 unspecified atom stereocenters. The zero-order chi connectivity index (χ0) is 45.9. The summed E-state index contributed by atoms with van der Waals surface area (Å²) in [7, 11) is 8.15. The molecule has 0 spiro atoms. The van der Waals surface area contributed by atoms with Crippen molar-refractivity contribution in [1.29, 1.82) is 0 Å². The van der Waals surface area contributed by atoms with E-state index in [0.29, 0.717) is 56.6 Å². The maximum atomic E-state index is 14.1. The van der Waals surface area contributed by atoms with Crippen molar-refractivity contribution in [3.8, 4) is 28.4 Å². The lowest BCUT2D eigenvalue weighted by molar-refractivity contribution is 0.0989. The number of nitrogens with zero attached hydrogens (tertiary/aromatic N) is 6. The SMILES string of the molecule is COc1cccc(N(C)C(=O)c2cc3ccccc3c(N=Nc3ccc4c(c3)C(=O)c3cc(N=Nc5c(OC)c(CON(C)c6cccc(CO)c6)cc6ccccc56)ccc3-4)c2OC)c1. The predicted molar refractivity (Wildman–Crippen MR) is 256 cm³/mol. The Morgan fingerprint density at radius 1 is 0.576 bits per heavy atom. The van der Waals surface area contributed by atoms with Gasteiger partial charge in [-0.05, 0) is 88.1 Å². The first-order valence-corrected chi connectivity index (χ1v) is 21.0. The van der Waals surface area contributed by atoms with E-state index >= 15 is 0 Å². The van der Waals surface area contributed by atoms with Gasteiger partial charge in [0.25, 0.3) is 5.91 Å². The molecule has 0 atom stereocenters. The number of hydrogen-bond donors (Lipinski definition) is 1. The highest BCUT2D eigenvalue weighted by atomic mass is 16.7. The lowest BCUT2D eigenvalue weighted by atomic mass is 10.0. The number of hydroxylamine groups is 1. The third-order valence-electron chi connectivity index (χ3n) is 11.6. The predicted octanol–water partition coefficient (Wildman–Crippen LogP) is 12.4. The number of methoxy groups -OCH3 is 3. The number of ether oxygens (including phenoxy) is 3. The Balaban J connectivity index is 0.988. The number of aliphatic hydroxyl groups excluding tert-OH is 1. The van der Waals surface area contributed by atoms with Crippen molar-refractivity contribution < 1.29 is 33.7 Å². The molecule has 8 aromatic rings. The molecule has 0 saturated heterocycles. The number of ketones is 1. The number of anilines is 2. The van der Waals surface area contributed by atoms with E-state index in [1.54, 1.807) is 63.7 Å². The van der Waals surface area contributed by atoms with Gasteiger partial charge in [0.15, 0.2) is 17.3 Å². The van der Waals surface area contributed by atoms with Crippen LogP contribution < -0.4 is 24.2 Å². The summed E-state index contributed by atoms with van der Waals surface area (Å²) in [5, 5.41) is 33.2. The molecule has 0 radical (unpaired) electrons. The van der Waals surface area contributed by atoms with Crippen LogP contribution in [0.3, 0.4) is 0 Å². The van der Waals surface area contributed by atoms with Crippen molar-refractivity contribution in [2.24, 2.45) is 20.5 Å². The van der Waals surface area contributed by atoms with Crippen molar-refractivity contribution in [2.75, 3.05) is 45.4 Å². The molecule has 13 heteroatoms. The minimum Gasteiger partial charge on any atom is -0.497 e. The molecule has 66 heavy (non-hydrogen) atoms. The Kier molecular flexibility index (Phi) is 12.0. The Hall–Kier alpha value is -8.26. The van der Waals surface area contributed by atoms with Gasteiger partial charge in [-0.25, -0.2) is 0 Å². The monoisotopic (exact) mass is 876 g/mol. The fourth-order valence-corrected chi connectivity index (χ4v) is 8.18. The van der Waals surface area contributed by atoms with Crippen LogP contribution in [0.25, 0.3) is 32.7 Å². The first kappa shape index (κ1) is 43.0. The maximum Gasteiger partial charge on any atom is 0.261 e. The third kappa shape index (κ3) is 8.20. The molecular weight excluding hydrogens is 833 g/mol. The molecule has 1 aliphatic rings. The standard InChI is InChI=1S/C53H44N6O7/c1-58(38-15-11-17-40(29-38)63-3)53(62)47-26-34-14-7-9-19-42(34)49(52(47)65-5)57-55-37-21-23-44-43-22-20-36(27-45(43)50(61)46(44)28-37)54-56-48-41-18-8-6-13-33(41)25-35(51(48)64-4)31-66-59(2)39-16-10-12-32(24-39)30-60/h6-29,60H,30-31H2,1-5H3. The third-order valence-corrected chi connectivity index (χ3v) is 11.6. The second kappa shape index (κ2) is 18.5. The topological polar surface area (TPSA) is 147 Å². The molecule has 328 valence electrons. The van der Waals surface area contributed by atoms with Gasteiger partial charge in [-0.1, -0.05) is 78.9 Å². The van der Waals surface area contributed by atoms with Gasteiger partial charge in [-0.15, -0.1) is 10.2 Å². The van der Waals surface area contributed by atoms with Gasteiger partial charge in [0.05, 0.1) is 50.6 Å². The Morgan fingerprint density at radius 2 is 1.17 bits per heavy atom. The van der Waals surface area contributed by atoms with Crippen LogP contribution >= 0.6 is 0 Å². The van der Waals surface area contributed by atoms with Gasteiger partial charge in [0, 0.05) is 53.3 Å². The minimum atomic E-state index is -0.306. The summed E-state index contributed by atoms with van der Waals surface area (Å²) in [5.41, 5.74) is 7.59. The van der Waals surface area contributed by atoms with E-state index in [0.717, 1.165) is 49.5 Å². The van der Waals surface area contributed by atoms with E-state index in [1.807, 2.05) is 115 Å². The highest BCUT2D eigenvalue weighted by molar-refractivity contribution is 6.22. The molecule has 0 aromatic heterocycles. The first-order valence-electron chi connectivity index (χ1n) is 21.0. The quantitative estimate of drug-likeness (QED) is 0.0839. The molecule has 0 saturated carbocycles. The number of hydrogen-bond acceptors (Lipinski definition) is 12. The van der Waals surface area contributed by atoms with Crippen LogP contribution in [0, 0.1) is 0 Å². The number of carbonyl (C=O) groups is 2. The van der Waals surface area contributed by atoms with Crippen molar-refractivity contribution in [2.45, 2.75) is 13.2 Å². The molecule has 0 fully saturated rings. The zero-order valence-corrected chi connectivity index (χ0v) is 36.9. The average Bonchev–Trinajstić information content (AvgIpc) is 3.64. The summed E-state index contributed by atoms with van der Waals surface area (Å²) in [6.45, 7) is 0.0958. The highest BCUT2D eigenvalue weighted by Gasteiger charge is 2.28. The van der Waals surface area contributed by atoms with Gasteiger partial charge in [0.1, 0.15) is 23.7 Å². The lowest BCUT2D eigenvalue weighted by Crippen LogP contribution is -2.26. The highest BCUT2D eigenvalue weighted by Crippen LogP contribution is 2.45. The summed E-state index contributed by atoms with van der Waals surface area (Å²) in [6.07, 6.45) is 0. The Labute approximate surface area is 380 Å². The van der Waals surface area contributed by atoms with Crippen LogP contribution in [0.5, 0.6) is 17.2 Å². The first-order chi connectivity index (χ1) is 32.2. The van der Waals surface area contributed by atoms with Gasteiger partial charge in [-0.3, -0.25) is 19.5 Å². The molecular formula is C53H44N6O7. The number of aliphatic hydroxyl groups is 1.